The van der Waals surface area contributed by atoms with Gasteiger partial charge in [0.15, 0.2) is 11.6 Å². The van der Waals surface area contributed by atoms with E-state index in [0.29, 0.717) is 37.7 Å². The highest BCUT2D eigenvalue weighted by molar-refractivity contribution is 14.1. The molecule has 2 fully saturated rings. The van der Waals surface area contributed by atoms with Crippen LogP contribution in [-0.2, 0) is 23.1 Å². The molecule has 10 rings (SSSR count). The predicted molar refractivity (Wildman–Crippen MR) is 354 cm³/mol. The summed E-state index contributed by atoms with van der Waals surface area (Å²) < 4.78 is 40.0. The number of aromatic nitrogens is 6. The molecule has 2 aliphatic heterocycles. The SMILES string of the molecule is C=CCOC1CC(n2cc(I)c3c(N=CN(C)C)ncnc32)OC1CO[Si](c1ccccc1)(c1ccccc1)C(C)(C)C.CN(C)C=Nc1ncnc2c1c(I)cn2C1CC(O)C(CO[Si](c2ccccc2)(c2ccccc2)C(C)(C)C)O1. The first-order chi connectivity index (χ1) is 39.8. The highest BCUT2D eigenvalue weighted by atomic mass is 127. The van der Waals surface area contributed by atoms with Crippen molar-refractivity contribution in [2.45, 2.75) is 101 Å². The van der Waals surface area contributed by atoms with Gasteiger partial charge in [0.1, 0.15) is 48.6 Å². The van der Waals surface area contributed by atoms with Gasteiger partial charge in [-0.1, -0.05) is 169 Å². The third-order valence-electron chi connectivity index (χ3n) is 15.1. The Morgan fingerprint density at radius 3 is 1.35 bits per heavy atom. The molecule has 8 aromatic rings. The van der Waals surface area contributed by atoms with Crippen molar-refractivity contribution in [3.63, 3.8) is 0 Å². The number of fused-ring (bicyclic) bond motifs is 2. The van der Waals surface area contributed by atoms with Gasteiger partial charge in [-0.05, 0) is 76.0 Å². The lowest BCUT2D eigenvalue weighted by Crippen LogP contribution is -2.67. The molecule has 0 saturated carbocycles. The Labute approximate surface area is 517 Å². The van der Waals surface area contributed by atoms with Gasteiger partial charge >= 0.3 is 0 Å². The number of halogens is 2. The van der Waals surface area contributed by atoms with Gasteiger partial charge in [0.05, 0.1) is 55.5 Å². The first kappa shape index (κ1) is 62.0. The Balaban J connectivity index is 0.000000200. The van der Waals surface area contributed by atoms with Crippen molar-refractivity contribution in [1.82, 2.24) is 38.9 Å². The smallest absolute Gasteiger partial charge is 0.261 e. The molecular formula is C63H76I2N10O6Si2. The summed E-state index contributed by atoms with van der Waals surface area (Å²) in [4.78, 5) is 30.9. The van der Waals surface area contributed by atoms with E-state index in [1.165, 1.54) is 27.1 Å². The van der Waals surface area contributed by atoms with Gasteiger partial charge < -0.3 is 47.1 Å². The van der Waals surface area contributed by atoms with Crippen molar-refractivity contribution in [3.05, 3.63) is 166 Å². The summed E-state index contributed by atoms with van der Waals surface area (Å²) in [6, 6.07) is 42.4. The summed E-state index contributed by atoms with van der Waals surface area (Å²) in [5, 5.41) is 17.5. The van der Waals surface area contributed by atoms with Gasteiger partial charge in [0.25, 0.3) is 16.6 Å². The van der Waals surface area contributed by atoms with Crippen LogP contribution in [0.2, 0.25) is 10.1 Å². The molecular weight excluding hydrogens is 1300 g/mol. The van der Waals surface area contributed by atoms with Gasteiger partial charge in [0, 0.05) is 60.6 Å². The van der Waals surface area contributed by atoms with Gasteiger partial charge in [-0.25, -0.2) is 29.9 Å². The molecule has 4 aromatic carbocycles. The van der Waals surface area contributed by atoms with Crippen molar-refractivity contribution in [2.75, 3.05) is 48.0 Å². The molecule has 0 aliphatic carbocycles. The third-order valence-corrected chi connectivity index (χ3v) is 26.7. The second-order valence-electron chi connectivity index (χ2n) is 23.4. The fourth-order valence-corrected chi connectivity index (χ4v) is 22.1. The van der Waals surface area contributed by atoms with Crippen LogP contribution in [0.3, 0.4) is 0 Å². The van der Waals surface area contributed by atoms with Crippen LogP contribution in [-0.4, -0.2) is 146 Å². The van der Waals surface area contributed by atoms with Crippen LogP contribution in [0.1, 0.15) is 66.8 Å². The van der Waals surface area contributed by atoms with Gasteiger partial charge in [0.2, 0.25) is 0 Å². The molecule has 2 saturated heterocycles. The van der Waals surface area contributed by atoms with Crippen LogP contribution in [0.5, 0.6) is 0 Å². The number of aliphatic imine (C=N–C) groups is 2. The zero-order valence-corrected chi connectivity index (χ0v) is 55.3. The van der Waals surface area contributed by atoms with E-state index in [1.807, 2.05) is 60.9 Å². The average Bonchev–Trinajstić information content (AvgIpc) is 3.79. The number of benzene rings is 4. The maximum atomic E-state index is 11.2. The molecule has 83 heavy (non-hydrogen) atoms. The van der Waals surface area contributed by atoms with E-state index in [0.717, 1.165) is 29.2 Å². The molecule has 4 aromatic heterocycles. The van der Waals surface area contributed by atoms with E-state index >= 15 is 0 Å². The van der Waals surface area contributed by atoms with Crippen molar-refractivity contribution >= 4 is 129 Å². The van der Waals surface area contributed by atoms with Crippen LogP contribution in [0, 0.1) is 7.14 Å². The summed E-state index contributed by atoms with van der Waals surface area (Å²) in [5.41, 5.74) is 1.52. The molecule has 0 spiro atoms. The minimum atomic E-state index is -2.75. The number of aliphatic hydroxyl groups is 1. The van der Waals surface area contributed by atoms with Crippen LogP contribution >= 0.6 is 45.2 Å². The Kier molecular flexibility index (Phi) is 20.0. The number of rotatable bonds is 19. The summed E-state index contributed by atoms with van der Waals surface area (Å²) in [5.74, 6) is 1.23. The quantitative estimate of drug-likeness (QED) is 0.0269. The van der Waals surface area contributed by atoms with Crippen LogP contribution in [0.25, 0.3) is 22.1 Å². The second-order valence-corrected chi connectivity index (χ2v) is 34.3. The standard InChI is InChI=1S/C33H40IN5O3Si.C30H36IN5O3Si/c1-7-18-40-27-19-29(39-20-26(34)30-31(37-23-38(5)6)35-22-36-32(30)39)42-28(27)21-41-43(33(2,3)4,24-14-10-8-11-15-24)25-16-12-9-13-17-25;1-30(2,3)40(21-12-8-6-9-13-21,22-14-10-7-11-15-22)38-18-25-24(37)16-26(39-25)36-17-23(31)27-28(34-20-35(4)5)32-19-33-29(27)36/h7-17,20,22-23,27-29H,1,18-19,21H2,2-6H3;6-15,17,19-20,24-26,37H,16,18H2,1-5H3. The maximum absolute atomic E-state index is 11.2. The van der Waals surface area contributed by atoms with E-state index in [2.05, 4.69) is 243 Å². The summed E-state index contributed by atoms with van der Waals surface area (Å²) in [6.07, 6.45) is 11.2. The van der Waals surface area contributed by atoms with E-state index in [-0.39, 0.29) is 41.3 Å². The Morgan fingerprint density at radius 2 is 0.976 bits per heavy atom. The highest BCUT2D eigenvalue weighted by Crippen LogP contribution is 2.42. The number of hydrogen-bond donors (Lipinski definition) is 1. The minimum absolute atomic E-state index is 0.141. The molecule has 1 N–H and O–H groups in total. The summed E-state index contributed by atoms with van der Waals surface area (Å²) in [7, 11) is 2.20. The second kappa shape index (κ2) is 26.8. The highest BCUT2D eigenvalue weighted by Gasteiger charge is 2.53. The van der Waals surface area contributed by atoms with Gasteiger partial charge in [-0.3, -0.25) is 0 Å². The van der Waals surface area contributed by atoms with Crippen LogP contribution < -0.4 is 20.7 Å². The van der Waals surface area contributed by atoms with Gasteiger partial charge in [-0.15, -0.1) is 6.58 Å². The van der Waals surface area contributed by atoms with Gasteiger partial charge in [-0.2, -0.15) is 0 Å². The molecule has 6 heterocycles. The first-order valence-corrected chi connectivity index (χ1v) is 33.9. The lowest BCUT2D eigenvalue weighted by Gasteiger charge is -2.43. The normalized spacial score (nSPS) is 19.7. The molecule has 6 atom stereocenters. The van der Waals surface area contributed by atoms with E-state index in [4.69, 9.17) is 23.1 Å². The van der Waals surface area contributed by atoms with Crippen molar-refractivity contribution in [2.24, 2.45) is 9.98 Å². The fraction of sp³-hybridized carbons (Fsp3) is 0.365. The Morgan fingerprint density at radius 1 is 0.602 bits per heavy atom. The molecule has 0 amide bonds. The molecule has 2 aliphatic rings. The van der Waals surface area contributed by atoms with E-state index < -0.39 is 28.8 Å². The Bertz CT molecular complexity index is 3410. The molecule has 16 nitrogen and oxygen atoms in total. The van der Waals surface area contributed by atoms with E-state index in [9.17, 15) is 5.11 Å². The third kappa shape index (κ3) is 13.3. The number of ether oxygens (including phenoxy) is 3. The lowest BCUT2D eigenvalue weighted by atomic mass is 10.2. The van der Waals surface area contributed by atoms with Crippen LogP contribution in [0.4, 0.5) is 11.6 Å². The molecule has 0 bridgehead atoms. The number of aliphatic hydroxyl groups excluding tert-OH is 1. The topological polar surface area (TPSA) is 159 Å². The predicted octanol–water partition coefficient (Wildman–Crippen LogP) is 10.2. The van der Waals surface area contributed by atoms with Crippen molar-refractivity contribution < 1.29 is 28.2 Å². The molecule has 436 valence electrons. The average molecular weight is 1380 g/mol. The number of nitrogens with zero attached hydrogens (tertiary/aromatic N) is 10. The maximum Gasteiger partial charge on any atom is 0.261 e. The lowest BCUT2D eigenvalue weighted by molar-refractivity contribution is -0.0529. The molecule has 6 unspecified atom stereocenters. The van der Waals surface area contributed by atoms with Crippen molar-refractivity contribution in [1.29, 1.82) is 0 Å². The monoisotopic (exact) mass is 1380 g/mol. The summed E-state index contributed by atoms with van der Waals surface area (Å²) in [6.45, 7) is 18.6. The first-order valence-electron chi connectivity index (χ1n) is 27.9. The van der Waals surface area contributed by atoms with E-state index in [1.54, 1.807) is 25.1 Å². The molecule has 20 heteroatoms. The summed E-state index contributed by atoms with van der Waals surface area (Å²) >= 11 is 4.60. The minimum Gasteiger partial charge on any atom is -0.405 e. The largest absolute Gasteiger partial charge is 0.405 e. The zero-order valence-electron chi connectivity index (χ0n) is 49.0. The number of hydrogen-bond acceptors (Lipinski definition) is 12. The fourth-order valence-electron chi connectivity index (χ4n) is 11.4. The van der Waals surface area contributed by atoms with Crippen LogP contribution in [0.15, 0.2) is 169 Å². The molecule has 0 radical (unpaired) electrons. The van der Waals surface area contributed by atoms with Crippen molar-refractivity contribution in [3.8, 4) is 0 Å². The zero-order chi connectivity index (χ0) is 59.1. The Hall–Kier alpha value is -5.55.